The number of hydrogen-bond acceptors (Lipinski definition) is 2. The third kappa shape index (κ3) is 1.72. The molecule has 1 fully saturated rings. The Kier molecular flexibility index (Phi) is 2.88. The molecule has 1 aliphatic rings. The van der Waals surface area contributed by atoms with Crippen LogP contribution in [0.25, 0.3) is 0 Å². The minimum atomic E-state index is -3.72. The molecule has 1 saturated carbocycles. The fraction of sp³-hybridized carbons (Fsp3) is 0.417. The van der Waals surface area contributed by atoms with Crippen molar-refractivity contribution in [2.24, 2.45) is 5.73 Å². The molecule has 0 heterocycles. The average Bonchev–Trinajstić information content (AvgIpc) is 3.10. The van der Waals surface area contributed by atoms with Gasteiger partial charge < -0.3 is 10.6 Å². The Hall–Kier alpha value is -1.12. The van der Waals surface area contributed by atoms with Gasteiger partial charge in [-0.3, -0.25) is 9.36 Å². The van der Waals surface area contributed by atoms with Gasteiger partial charge in [-0.2, -0.15) is 0 Å². The minimum absolute atomic E-state index is 0.388. The van der Waals surface area contributed by atoms with E-state index < -0.39 is 18.4 Å². The molecule has 5 heteroatoms. The Morgan fingerprint density at radius 2 is 2.06 bits per heavy atom. The zero-order valence-corrected chi connectivity index (χ0v) is 10.6. The standard InChI is InChI=1S/C12H16NO3P/c1-2-9-5-3-4-6-10(9)17(15,16)12(7-8-12)11(13)14/h3-6H,2,7-8H2,1H3,(H2,13,14)(H,15,16). The van der Waals surface area contributed by atoms with Crippen molar-refractivity contribution in [1.82, 2.24) is 0 Å². The second-order valence-electron chi connectivity index (χ2n) is 4.45. The molecule has 3 N–H and O–H groups in total. The summed E-state index contributed by atoms with van der Waals surface area (Å²) in [6.45, 7) is 1.92. The highest BCUT2D eigenvalue weighted by atomic mass is 31.2. The first-order chi connectivity index (χ1) is 7.95. The van der Waals surface area contributed by atoms with Gasteiger partial charge in [-0.1, -0.05) is 25.1 Å². The molecule has 0 spiro atoms. The lowest BCUT2D eigenvalue weighted by Gasteiger charge is -2.21. The molecular formula is C12H16NO3P. The average molecular weight is 253 g/mol. The second-order valence-corrected chi connectivity index (χ2v) is 6.94. The largest absolute Gasteiger partial charge is 0.369 e. The Balaban J connectivity index is 2.53. The molecule has 92 valence electrons. The molecule has 1 unspecified atom stereocenters. The predicted octanol–water partition coefficient (Wildman–Crippen LogP) is 1.16. The van der Waals surface area contributed by atoms with Crippen LogP contribution in [0.3, 0.4) is 0 Å². The van der Waals surface area contributed by atoms with Crippen molar-refractivity contribution in [3.05, 3.63) is 29.8 Å². The van der Waals surface area contributed by atoms with E-state index in [2.05, 4.69) is 0 Å². The molecule has 0 aromatic heterocycles. The van der Waals surface area contributed by atoms with Gasteiger partial charge in [0.1, 0.15) is 5.16 Å². The van der Waals surface area contributed by atoms with Crippen LogP contribution in [0.1, 0.15) is 25.3 Å². The molecule has 1 aliphatic carbocycles. The predicted molar refractivity (Wildman–Crippen MR) is 66.4 cm³/mol. The van der Waals surface area contributed by atoms with Crippen molar-refractivity contribution in [3.63, 3.8) is 0 Å². The Labute approximate surface area is 100 Å². The van der Waals surface area contributed by atoms with Gasteiger partial charge in [-0.15, -0.1) is 0 Å². The van der Waals surface area contributed by atoms with Crippen LogP contribution in [0.4, 0.5) is 0 Å². The van der Waals surface area contributed by atoms with Crippen molar-refractivity contribution in [2.45, 2.75) is 31.3 Å². The lowest BCUT2D eigenvalue weighted by molar-refractivity contribution is -0.118. The van der Waals surface area contributed by atoms with Crippen molar-refractivity contribution in [3.8, 4) is 0 Å². The molecule has 0 bridgehead atoms. The number of benzene rings is 1. The van der Waals surface area contributed by atoms with E-state index in [0.717, 1.165) is 5.56 Å². The van der Waals surface area contributed by atoms with Crippen LogP contribution in [-0.2, 0) is 15.8 Å². The highest BCUT2D eigenvalue weighted by molar-refractivity contribution is 7.69. The number of nitrogens with two attached hydrogens (primary N) is 1. The lowest BCUT2D eigenvalue weighted by atomic mass is 10.2. The number of amides is 1. The quantitative estimate of drug-likeness (QED) is 0.790. The first kappa shape index (κ1) is 12.3. The minimum Gasteiger partial charge on any atom is -0.369 e. The molecule has 0 aliphatic heterocycles. The highest BCUT2D eigenvalue weighted by Gasteiger charge is 2.62. The summed E-state index contributed by atoms with van der Waals surface area (Å²) in [6.07, 6.45) is 1.48. The van der Waals surface area contributed by atoms with E-state index in [9.17, 15) is 14.3 Å². The van der Waals surface area contributed by atoms with Gasteiger partial charge in [0.25, 0.3) is 0 Å². The van der Waals surface area contributed by atoms with Crippen molar-refractivity contribution < 1.29 is 14.3 Å². The molecule has 2 rings (SSSR count). The van der Waals surface area contributed by atoms with E-state index in [-0.39, 0.29) is 0 Å². The zero-order valence-electron chi connectivity index (χ0n) is 9.72. The number of carbonyl (C=O) groups is 1. The summed E-state index contributed by atoms with van der Waals surface area (Å²) in [4.78, 5) is 21.7. The van der Waals surface area contributed by atoms with Gasteiger partial charge in [-0.25, -0.2) is 0 Å². The zero-order chi connectivity index (χ0) is 12.7. The molecule has 1 amide bonds. The lowest BCUT2D eigenvalue weighted by Crippen LogP contribution is -2.34. The number of hydrogen-bond donors (Lipinski definition) is 2. The Morgan fingerprint density at radius 1 is 1.47 bits per heavy atom. The first-order valence-corrected chi connectivity index (χ1v) is 7.33. The summed E-state index contributed by atoms with van der Waals surface area (Å²) in [7, 11) is -3.72. The SMILES string of the molecule is CCc1ccccc1P(=O)(O)C1(C(N)=O)CC1. The molecule has 0 saturated heterocycles. The third-order valence-corrected chi connectivity index (χ3v) is 6.38. The second kappa shape index (κ2) is 3.97. The highest BCUT2D eigenvalue weighted by Crippen LogP contribution is 2.66. The van der Waals surface area contributed by atoms with Gasteiger partial charge in [0.15, 0.2) is 0 Å². The van der Waals surface area contributed by atoms with Crippen LogP contribution in [0.5, 0.6) is 0 Å². The van der Waals surface area contributed by atoms with Crippen molar-refractivity contribution in [2.75, 3.05) is 0 Å². The summed E-state index contributed by atoms with van der Waals surface area (Å²) in [5.74, 6) is -0.658. The molecule has 0 radical (unpaired) electrons. The molecule has 1 aromatic rings. The van der Waals surface area contributed by atoms with Crippen LogP contribution in [0, 0.1) is 0 Å². The summed E-state index contributed by atoms with van der Waals surface area (Å²) in [6, 6.07) is 6.98. The first-order valence-electron chi connectivity index (χ1n) is 5.67. The number of primary amides is 1. The van der Waals surface area contributed by atoms with Crippen LogP contribution >= 0.6 is 7.37 Å². The maximum absolute atomic E-state index is 12.6. The number of carbonyl (C=O) groups excluding carboxylic acids is 1. The van der Waals surface area contributed by atoms with Crippen LogP contribution in [0.15, 0.2) is 24.3 Å². The maximum atomic E-state index is 12.6. The third-order valence-electron chi connectivity index (χ3n) is 3.46. The maximum Gasteiger partial charge on any atom is 0.245 e. The van der Waals surface area contributed by atoms with E-state index in [0.29, 0.717) is 24.6 Å². The molecule has 1 aromatic carbocycles. The van der Waals surface area contributed by atoms with E-state index in [1.807, 2.05) is 19.1 Å². The van der Waals surface area contributed by atoms with Crippen LogP contribution in [-0.4, -0.2) is 16.0 Å². The number of aryl methyl sites for hydroxylation is 1. The van der Waals surface area contributed by atoms with Gasteiger partial charge in [0, 0.05) is 5.30 Å². The molecule has 17 heavy (non-hydrogen) atoms. The van der Waals surface area contributed by atoms with E-state index >= 15 is 0 Å². The van der Waals surface area contributed by atoms with Crippen molar-refractivity contribution >= 4 is 18.6 Å². The normalized spacial score (nSPS) is 20.6. The van der Waals surface area contributed by atoms with Gasteiger partial charge >= 0.3 is 0 Å². The van der Waals surface area contributed by atoms with Crippen LogP contribution in [0.2, 0.25) is 0 Å². The molecule has 1 atom stereocenters. The van der Waals surface area contributed by atoms with Gasteiger partial charge in [0.05, 0.1) is 0 Å². The van der Waals surface area contributed by atoms with E-state index in [1.54, 1.807) is 12.1 Å². The molecular weight excluding hydrogens is 237 g/mol. The monoisotopic (exact) mass is 253 g/mol. The summed E-state index contributed by atoms with van der Waals surface area (Å²) >= 11 is 0. The topological polar surface area (TPSA) is 80.4 Å². The van der Waals surface area contributed by atoms with Gasteiger partial charge in [-0.05, 0) is 30.9 Å². The van der Waals surface area contributed by atoms with Crippen molar-refractivity contribution in [1.29, 1.82) is 0 Å². The Bertz CT molecular complexity index is 508. The van der Waals surface area contributed by atoms with Gasteiger partial charge in [0.2, 0.25) is 13.3 Å². The smallest absolute Gasteiger partial charge is 0.245 e. The van der Waals surface area contributed by atoms with E-state index in [4.69, 9.17) is 5.73 Å². The summed E-state index contributed by atoms with van der Waals surface area (Å²) in [5, 5.41) is -0.822. The fourth-order valence-electron chi connectivity index (χ4n) is 2.15. The van der Waals surface area contributed by atoms with Crippen LogP contribution < -0.4 is 11.0 Å². The summed E-state index contributed by atoms with van der Waals surface area (Å²) in [5.41, 5.74) is 6.09. The molecule has 4 nitrogen and oxygen atoms in total. The fourth-order valence-corrected chi connectivity index (χ4v) is 4.54. The Morgan fingerprint density at radius 3 is 2.53 bits per heavy atom. The number of rotatable bonds is 4. The van der Waals surface area contributed by atoms with E-state index in [1.165, 1.54) is 0 Å². The summed E-state index contributed by atoms with van der Waals surface area (Å²) < 4.78 is 12.6.